The number of hydrazine groups is 1. The van der Waals surface area contributed by atoms with Gasteiger partial charge in [-0.3, -0.25) is 0 Å². The van der Waals surface area contributed by atoms with Crippen molar-refractivity contribution in [2.24, 2.45) is 0 Å². The van der Waals surface area contributed by atoms with E-state index in [1.807, 2.05) is 38.4 Å². The molecule has 0 unspecified atom stereocenters. The third-order valence-electron chi connectivity index (χ3n) is 2.74. The van der Waals surface area contributed by atoms with Crippen LogP contribution in [0, 0.1) is 0 Å². The van der Waals surface area contributed by atoms with Crippen molar-refractivity contribution in [1.29, 1.82) is 0 Å². The molecule has 0 radical (unpaired) electrons. The highest BCUT2D eigenvalue weighted by Gasteiger charge is 2.14. The maximum atomic E-state index is 6.11. The number of benzene rings is 1. The average Bonchev–Trinajstić information content (AvgIpc) is 2.85. The largest absolute Gasteiger partial charge is 0.393 e. The minimum absolute atomic E-state index is 0.414. The summed E-state index contributed by atoms with van der Waals surface area (Å²) >= 11 is 0. The number of aromatic nitrogens is 5. The highest BCUT2D eigenvalue weighted by atomic mass is 15.5. The van der Waals surface area contributed by atoms with E-state index in [1.54, 1.807) is 9.69 Å². The molecule has 0 amide bonds. The Kier molecular flexibility index (Phi) is 2.92. The normalized spacial score (nSPS) is 11.2. The minimum atomic E-state index is 0.414. The number of rotatable bonds is 3. The second kappa shape index (κ2) is 4.74. The van der Waals surface area contributed by atoms with Gasteiger partial charge in [-0.2, -0.15) is 4.68 Å². The summed E-state index contributed by atoms with van der Waals surface area (Å²) in [5, 5.41) is 9.95. The van der Waals surface area contributed by atoms with E-state index < -0.39 is 0 Å². The van der Waals surface area contributed by atoms with Crippen molar-refractivity contribution in [2.45, 2.75) is 0 Å². The highest BCUT2D eigenvalue weighted by molar-refractivity contribution is 5.78. The van der Waals surface area contributed by atoms with Crippen LogP contribution in [-0.4, -0.2) is 44.1 Å². The lowest BCUT2D eigenvalue weighted by atomic mass is 10.3. The number of fused-ring (bicyclic) bond motifs is 1. The van der Waals surface area contributed by atoms with Gasteiger partial charge in [-0.25, -0.2) is 15.0 Å². The zero-order chi connectivity index (χ0) is 14.1. The van der Waals surface area contributed by atoms with Crippen molar-refractivity contribution in [2.75, 3.05) is 25.3 Å². The molecule has 0 spiro atoms. The summed E-state index contributed by atoms with van der Waals surface area (Å²) in [6.45, 7) is 0. The topological polar surface area (TPSA) is 97.8 Å². The quantitative estimate of drug-likeness (QED) is 0.675. The fourth-order valence-electron chi connectivity index (χ4n) is 1.88. The van der Waals surface area contributed by atoms with Gasteiger partial charge in [-0.05, 0) is 12.1 Å². The van der Waals surface area contributed by atoms with Crippen LogP contribution in [-0.2, 0) is 0 Å². The summed E-state index contributed by atoms with van der Waals surface area (Å²) in [6, 6.07) is 7.62. The van der Waals surface area contributed by atoms with Crippen molar-refractivity contribution in [3.63, 3.8) is 0 Å². The molecule has 2 aromatic heterocycles. The number of hydrogen-bond donors (Lipinski definition) is 2. The Balaban J connectivity index is 2.15. The van der Waals surface area contributed by atoms with Gasteiger partial charge in [0.15, 0.2) is 11.6 Å². The van der Waals surface area contributed by atoms with Crippen LogP contribution < -0.4 is 11.2 Å². The van der Waals surface area contributed by atoms with Gasteiger partial charge in [0.05, 0.1) is 5.52 Å². The van der Waals surface area contributed by atoms with E-state index in [-0.39, 0.29) is 0 Å². The lowest BCUT2D eigenvalue weighted by Gasteiger charge is -2.15. The molecular weight excluding hydrogens is 256 g/mol. The number of anilines is 2. The van der Waals surface area contributed by atoms with Gasteiger partial charge < -0.3 is 11.2 Å². The van der Waals surface area contributed by atoms with E-state index in [0.717, 1.165) is 11.0 Å². The van der Waals surface area contributed by atoms with Gasteiger partial charge in [0.1, 0.15) is 17.5 Å². The molecule has 0 saturated carbocycles. The van der Waals surface area contributed by atoms with Crippen molar-refractivity contribution in [3.8, 4) is 5.82 Å². The first-order valence-corrected chi connectivity index (χ1v) is 6.02. The van der Waals surface area contributed by atoms with E-state index in [0.29, 0.717) is 17.3 Å². The van der Waals surface area contributed by atoms with Crippen LogP contribution in [0.3, 0.4) is 0 Å². The zero-order valence-corrected chi connectivity index (χ0v) is 11.1. The van der Waals surface area contributed by atoms with Crippen molar-refractivity contribution < 1.29 is 0 Å². The molecule has 0 aliphatic carbocycles. The summed E-state index contributed by atoms with van der Waals surface area (Å²) in [4.78, 5) is 8.32. The number of nitrogens with zero attached hydrogens (tertiary/aromatic N) is 6. The van der Waals surface area contributed by atoms with Crippen LogP contribution >= 0.6 is 0 Å². The van der Waals surface area contributed by atoms with Crippen LogP contribution in [0.2, 0.25) is 0 Å². The molecule has 0 bridgehead atoms. The molecule has 1 aromatic carbocycles. The zero-order valence-electron chi connectivity index (χ0n) is 11.1. The highest BCUT2D eigenvalue weighted by Crippen LogP contribution is 2.23. The van der Waals surface area contributed by atoms with Crippen LogP contribution in [0.25, 0.3) is 16.9 Å². The van der Waals surface area contributed by atoms with Crippen molar-refractivity contribution in [1.82, 2.24) is 30.0 Å². The molecule has 3 N–H and O–H groups in total. The van der Waals surface area contributed by atoms with Gasteiger partial charge in [-0.15, -0.1) is 5.10 Å². The molecule has 0 fully saturated rings. The van der Waals surface area contributed by atoms with Gasteiger partial charge in [0, 0.05) is 14.1 Å². The molecule has 0 saturated heterocycles. The van der Waals surface area contributed by atoms with E-state index >= 15 is 0 Å². The van der Waals surface area contributed by atoms with Gasteiger partial charge in [0.25, 0.3) is 0 Å². The maximum Gasteiger partial charge on any atom is 0.184 e. The van der Waals surface area contributed by atoms with Crippen LogP contribution in [0.1, 0.15) is 0 Å². The van der Waals surface area contributed by atoms with E-state index in [4.69, 9.17) is 5.73 Å². The molecule has 8 nitrogen and oxygen atoms in total. The van der Waals surface area contributed by atoms with Gasteiger partial charge in [0.2, 0.25) is 0 Å². The van der Waals surface area contributed by atoms with Gasteiger partial charge in [-0.1, -0.05) is 17.3 Å². The predicted octanol–water partition coefficient (Wildman–Crippen LogP) is 0.681. The van der Waals surface area contributed by atoms with Gasteiger partial charge >= 0.3 is 0 Å². The Hall–Kier alpha value is -2.74. The first-order chi connectivity index (χ1) is 9.66. The number of nitrogens with two attached hydrogens (primary N) is 1. The third-order valence-corrected chi connectivity index (χ3v) is 2.74. The molecule has 3 aromatic rings. The van der Waals surface area contributed by atoms with Crippen LogP contribution in [0.15, 0.2) is 30.6 Å². The Morgan fingerprint density at radius 2 is 2.00 bits per heavy atom. The monoisotopic (exact) mass is 270 g/mol. The molecule has 0 atom stereocenters. The first kappa shape index (κ1) is 12.3. The Bertz CT molecular complexity index is 748. The molecule has 0 aliphatic heterocycles. The predicted molar refractivity (Wildman–Crippen MR) is 76.2 cm³/mol. The number of para-hydroxylation sites is 1. The van der Waals surface area contributed by atoms with Crippen molar-refractivity contribution >= 4 is 22.5 Å². The molecule has 8 heteroatoms. The summed E-state index contributed by atoms with van der Waals surface area (Å²) < 4.78 is 1.60. The molecular formula is C12H14N8. The third kappa shape index (κ3) is 2.01. The summed E-state index contributed by atoms with van der Waals surface area (Å²) in [5.74, 6) is 1.03. The molecule has 3 rings (SSSR count). The fourth-order valence-corrected chi connectivity index (χ4v) is 1.88. The SMILES string of the molecule is CN(C)Nc1ncnc(-n2nnc3ccccc32)c1N. The maximum absolute atomic E-state index is 6.11. The standard InChI is InChI=1S/C12H14N8/c1-19(2)17-11-10(13)12(15-7-14-11)20-9-6-4-3-5-8(9)16-18-20/h3-7H,13H2,1-2H3,(H,14,15,17). The van der Waals surface area contributed by atoms with Crippen molar-refractivity contribution in [3.05, 3.63) is 30.6 Å². The lowest BCUT2D eigenvalue weighted by Crippen LogP contribution is -2.22. The van der Waals surface area contributed by atoms with E-state index in [2.05, 4.69) is 25.7 Å². The smallest absolute Gasteiger partial charge is 0.184 e. The average molecular weight is 270 g/mol. The summed E-state index contributed by atoms with van der Waals surface area (Å²) in [5.41, 5.74) is 11.2. The second-order valence-corrected chi connectivity index (χ2v) is 4.46. The fraction of sp³-hybridized carbons (Fsp3) is 0.167. The number of nitrogen functional groups attached to an aromatic ring is 1. The molecule has 20 heavy (non-hydrogen) atoms. The van der Waals surface area contributed by atoms with E-state index in [1.165, 1.54) is 6.33 Å². The summed E-state index contributed by atoms with van der Waals surface area (Å²) in [7, 11) is 3.71. The minimum Gasteiger partial charge on any atom is -0.393 e. The second-order valence-electron chi connectivity index (χ2n) is 4.46. The Morgan fingerprint density at radius 1 is 1.20 bits per heavy atom. The Morgan fingerprint density at radius 3 is 2.80 bits per heavy atom. The molecule has 102 valence electrons. The molecule has 0 aliphatic rings. The Labute approximate surface area is 115 Å². The van der Waals surface area contributed by atoms with Crippen LogP contribution in [0.4, 0.5) is 11.5 Å². The molecule has 2 heterocycles. The van der Waals surface area contributed by atoms with Crippen LogP contribution in [0.5, 0.6) is 0 Å². The summed E-state index contributed by atoms with van der Waals surface area (Å²) in [6.07, 6.45) is 1.44. The first-order valence-electron chi connectivity index (χ1n) is 6.02. The lowest BCUT2D eigenvalue weighted by molar-refractivity contribution is 0.492. The van der Waals surface area contributed by atoms with E-state index in [9.17, 15) is 0 Å². The number of hydrogen-bond acceptors (Lipinski definition) is 7. The number of nitrogens with one attached hydrogen (secondary N) is 1.